The standard InChI is InChI=1S/C16H22F2O2/c1-2-3-10-19-13-8-9-14(16(18)15(13)17)20-11-12-6-4-5-7-12/h8-9,12H,2-7,10-11H2,1H3. The fourth-order valence-corrected chi connectivity index (χ4v) is 2.45. The Balaban J connectivity index is 1.94. The number of ether oxygens (including phenoxy) is 2. The summed E-state index contributed by atoms with van der Waals surface area (Å²) in [5.41, 5.74) is 0. The molecule has 0 amide bonds. The number of rotatable bonds is 7. The van der Waals surface area contributed by atoms with E-state index >= 15 is 0 Å². The maximum Gasteiger partial charge on any atom is 0.204 e. The largest absolute Gasteiger partial charge is 0.490 e. The molecule has 0 bridgehead atoms. The molecule has 0 atom stereocenters. The normalized spacial score (nSPS) is 15.6. The van der Waals surface area contributed by atoms with Gasteiger partial charge in [-0.25, -0.2) is 0 Å². The van der Waals surface area contributed by atoms with Gasteiger partial charge in [-0.05, 0) is 37.3 Å². The number of hydrogen-bond donors (Lipinski definition) is 0. The Kier molecular flexibility index (Phi) is 5.62. The van der Waals surface area contributed by atoms with Crippen molar-refractivity contribution in [3.63, 3.8) is 0 Å². The van der Waals surface area contributed by atoms with Crippen molar-refractivity contribution in [2.75, 3.05) is 13.2 Å². The molecule has 1 saturated carbocycles. The lowest BCUT2D eigenvalue weighted by atomic mass is 10.1. The highest BCUT2D eigenvalue weighted by Gasteiger charge is 2.19. The molecule has 1 aromatic rings. The van der Waals surface area contributed by atoms with Gasteiger partial charge in [0.1, 0.15) is 0 Å². The Bertz CT molecular complexity index is 429. The van der Waals surface area contributed by atoms with E-state index < -0.39 is 11.6 Å². The van der Waals surface area contributed by atoms with Crippen molar-refractivity contribution in [3.8, 4) is 11.5 Å². The Hall–Kier alpha value is -1.32. The van der Waals surface area contributed by atoms with Gasteiger partial charge in [0.2, 0.25) is 11.6 Å². The van der Waals surface area contributed by atoms with Crippen molar-refractivity contribution in [2.45, 2.75) is 45.4 Å². The molecule has 20 heavy (non-hydrogen) atoms. The van der Waals surface area contributed by atoms with E-state index in [2.05, 4.69) is 0 Å². The lowest BCUT2D eigenvalue weighted by Crippen LogP contribution is -2.10. The van der Waals surface area contributed by atoms with E-state index in [0.717, 1.165) is 25.7 Å². The minimum Gasteiger partial charge on any atom is -0.490 e. The molecule has 1 aliphatic carbocycles. The summed E-state index contributed by atoms with van der Waals surface area (Å²) in [4.78, 5) is 0. The fraction of sp³-hybridized carbons (Fsp3) is 0.625. The van der Waals surface area contributed by atoms with Gasteiger partial charge in [-0.2, -0.15) is 8.78 Å². The number of unbranched alkanes of at least 4 members (excludes halogenated alkanes) is 1. The zero-order valence-electron chi connectivity index (χ0n) is 12.0. The quantitative estimate of drug-likeness (QED) is 0.675. The molecule has 0 N–H and O–H groups in total. The van der Waals surface area contributed by atoms with Gasteiger partial charge in [-0.3, -0.25) is 0 Å². The van der Waals surface area contributed by atoms with Crippen LogP contribution in [-0.2, 0) is 0 Å². The van der Waals surface area contributed by atoms with Crippen LogP contribution in [-0.4, -0.2) is 13.2 Å². The average Bonchev–Trinajstić information content (AvgIpc) is 2.96. The lowest BCUT2D eigenvalue weighted by Gasteiger charge is -2.13. The monoisotopic (exact) mass is 284 g/mol. The van der Waals surface area contributed by atoms with Crippen LogP contribution >= 0.6 is 0 Å². The van der Waals surface area contributed by atoms with Gasteiger partial charge in [-0.15, -0.1) is 0 Å². The average molecular weight is 284 g/mol. The maximum atomic E-state index is 13.9. The molecular weight excluding hydrogens is 262 g/mol. The van der Waals surface area contributed by atoms with Crippen LogP contribution in [0.1, 0.15) is 45.4 Å². The van der Waals surface area contributed by atoms with Crippen molar-refractivity contribution >= 4 is 0 Å². The predicted molar refractivity (Wildman–Crippen MR) is 74.2 cm³/mol. The lowest BCUT2D eigenvalue weighted by molar-refractivity contribution is 0.234. The van der Waals surface area contributed by atoms with Crippen molar-refractivity contribution in [1.82, 2.24) is 0 Å². The first-order valence-electron chi connectivity index (χ1n) is 7.46. The van der Waals surface area contributed by atoms with Gasteiger partial charge in [0.15, 0.2) is 11.5 Å². The first-order chi connectivity index (χ1) is 9.72. The minimum absolute atomic E-state index is 0.0164. The van der Waals surface area contributed by atoms with E-state index in [4.69, 9.17) is 9.47 Å². The second-order valence-corrected chi connectivity index (χ2v) is 5.35. The van der Waals surface area contributed by atoms with Gasteiger partial charge in [0, 0.05) is 0 Å². The van der Waals surface area contributed by atoms with Gasteiger partial charge < -0.3 is 9.47 Å². The second-order valence-electron chi connectivity index (χ2n) is 5.35. The minimum atomic E-state index is -0.954. The molecule has 0 radical (unpaired) electrons. The third kappa shape index (κ3) is 3.84. The first-order valence-corrected chi connectivity index (χ1v) is 7.46. The highest BCUT2D eigenvalue weighted by atomic mass is 19.2. The second kappa shape index (κ2) is 7.46. The van der Waals surface area contributed by atoms with Crippen LogP contribution in [0, 0.1) is 17.6 Å². The summed E-state index contributed by atoms with van der Waals surface area (Å²) in [6.45, 7) is 2.88. The first kappa shape index (κ1) is 15.1. The van der Waals surface area contributed by atoms with Crippen molar-refractivity contribution in [3.05, 3.63) is 23.8 Å². The van der Waals surface area contributed by atoms with Crippen molar-refractivity contribution < 1.29 is 18.3 Å². The highest BCUT2D eigenvalue weighted by molar-refractivity contribution is 5.35. The molecule has 1 aliphatic rings. The van der Waals surface area contributed by atoms with Crippen LogP contribution in [0.2, 0.25) is 0 Å². The van der Waals surface area contributed by atoms with Gasteiger partial charge in [0.05, 0.1) is 13.2 Å². The molecule has 0 aromatic heterocycles. The van der Waals surface area contributed by atoms with E-state index in [1.54, 1.807) is 0 Å². The van der Waals surface area contributed by atoms with Crippen molar-refractivity contribution in [2.24, 2.45) is 5.92 Å². The Morgan fingerprint density at radius 3 is 2.25 bits per heavy atom. The van der Waals surface area contributed by atoms with Gasteiger partial charge in [0.25, 0.3) is 0 Å². The summed E-state index contributed by atoms with van der Waals surface area (Å²) in [5, 5.41) is 0. The van der Waals surface area contributed by atoms with Gasteiger partial charge >= 0.3 is 0 Å². The third-order valence-electron chi connectivity index (χ3n) is 3.72. The summed E-state index contributed by atoms with van der Waals surface area (Å²) in [6.07, 6.45) is 6.41. The van der Waals surface area contributed by atoms with E-state index in [1.165, 1.54) is 25.0 Å². The van der Waals surface area contributed by atoms with Crippen LogP contribution in [0.15, 0.2) is 12.1 Å². The predicted octanol–water partition coefficient (Wildman–Crippen LogP) is 4.71. The molecule has 2 rings (SSSR count). The maximum absolute atomic E-state index is 13.9. The molecule has 4 heteroatoms. The molecule has 2 nitrogen and oxygen atoms in total. The summed E-state index contributed by atoms with van der Waals surface area (Å²) < 4.78 is 38.3. The van der Waals surface area contributed by atoms with E-state index in [-0.39, 0.29) is 11.5 Å². The van der Waals surface area contributed by atoms with Crippen molar-refractivity contribution in [1.29, 1.82) is 0 Å². The van der Waals surface area contributed by atoms with Crippen LogP contribution in [0.5, 0.6) is 11.5 Å². The smallest absolute Gasteiger partial charge is 0.204 e. The van der Waals surface area contributed by atoms with Gasteiger partial charge in [-0.1, -0.05) is 26.2 Å². The molecule has 1 aromatic carbocycles. The summed E-state index contributed by atoms with van der Waals surface area (Å²) in [6, 6.07) is 2.90. The molecule has 1 fully saturated rings. The molecule has 0 saturated heterocycles. The molecule has 0 heterocycles. The molecule has 0 spiro atoms. The number of halogens is 2. The van der Waals surface area contributed by atoms with E-state index in [0.29, 0.717) is 19.1 Å². The van der Waals surface area contributed by atoms with Crippen LogP contribution in [0.4, 0.5) is 8.78 Å². The number of hydrogen-bond acceptors (Lipinski definition) is 2. The zero-order valence-corrected chi connectivity index (χ0v) is 12.0. The fourth-order valence-electron chi connectivity index (χ4n) is 2.45. The molecule has 112 valence electrons. The molecular formula is C16H22F2O2. The van der Waals surface area contributed by atoms with Crippen LogP contribution < -0.4 is 9.47 Å². The Morgan fingerprint density at radius 2 is 1.65 bits per heavy atom. The summed E-state index contributed by atoms with van der Waals surface area (Å²) in [7, 11) is 0. The molecule has 0 unspecified atom stereocenters. The SMILES string of the molecule is CCCCOc1ccc(OCC2CCCC2)c(F)c1F. The van der Waals surface area contributed by atoms with Crippen LogP contribution in [0.25, 0.3) is 0 Å². The van der Waals surface area contributed by atoms with E-state index in [9.17, 15) is 8.78 Å². The van der Waals surface area contributed by atoms with Crippen LogP contribution in [0.3, 0.4) is 0 Å². The number of benzene rings is 1. The highest BCUT2D eigenvalue weighted by Crippen LogP contribution is 2.30. The Morgan fingerprint density at radius 1 is 1.05 bits per heavy atom. The summed E-state index contributed by atoms with van der Waals surface area (Å²) >= 11 is 0. The Labute approximate surface area is 119 Å². The van der Waals surface area contributed by atoms with E-state index in [1.807, 2.05) is 6.92 Å². The summed E-state index contributed by atoms with van der Waals surface area (Å²) in [5.74, 6) is -1.48. The topological polar surface area (TPSA) is 18.5 Å². The molecule has 0 aliphatic heterocycles. The third-order valence-corrected chi connectivity index (χ3v) is 3.72. The zero-order chi connectivity index (χ0) is 14.4.